The van der Waals surface area contributed by atoms with Gasteiger partial charge >= 0.3 is 0 Å². The van der Waals surface area contributed by atoms with Gasteiger partial charge in [-0.3, -0.25) is 19.3 Å². The van der Waals surface area contributed by atoms with Gasteiger partial charge in [-0.2, -0.15) is 0 Å². The topological polar surface area (TPSA) is 103 Å². The third kappa shape index (κ3) is 9.36. The highest BCUT2D eigenvalue weighted by molar-refractivity contribution is 7.18. The van der Waals surface area contributed by atoms with E-state index in [1.54, 1.807) is 18.3 Å². The summed E-state index contributed by atoms with van der Waals surface area (Å²) in [6.45, 7) is 13.1. The van der Waals surface area contributed by atoms with Gasteiger partial charge < -0.3 is 16.0 Å². The maximum absolute atomic E-state index is 13.7. The highest BCUT2D eigenvalue weighted by Crippen LogP contribution is 2.28. The minimum atomic E-state index is -0.739. The van der Waals surface area contributed by atoms with Gasteiger partial charge in [0.05, 0.1) is 15.2 Å². The number of carbonyl (C=O) groups is 3. The van der Waals surface area contributed by atoms with Crippen LogP contribution in [0, 0.1) is 5.92 Å². The van der Waals surface area contributed by atoms with Crippen molar-refractivity contribution in [2.45, 2.75) is 103 Å². The van der Waals surface area contributed by atoms with Crippen LogP contribution in [0.25, 0.3) is 10.2 Å². The Labute approximate surface area is 255 Å². The van der Waals surface area contributed by atoms with Crippen LogP contribution < -0.4 is 16.0 Å². The van der Waals surface area contributed by atoms with E-state index in [9.17, 15) is 14.4 Å². The van der Waals surface area contributed by atoms with Crippen molar-refractivity contribution < 1.29 is 14.4 Å². The van der Waals surface area contributed by atoms with Crippen LogP contribution in [0.5, 0.6) is 0 Å². The zero-order valence-electron chi connectivity index (χ0n) is 25.7. The van der Waals surface area contributed by atoms with Crippen LogP contribution in [-0.2, 0) is 20.8 Å². The Morgan fingerprint density at radius 3 is 2.50 bits per heavy atom. The molecule has 1 aromatic heterocycles. The van der Waals surface area contributed by atoms with E-state index in [2.05, 4.69) is 53.4 Å². The van der Waals surface area contributed by atoms with E-state index < -0.39 is 6.04 Å². The monoisotopic (exact) mass is 595 g/mol. The Bertz CT molecular complexity index is 1230. The standard InChI is InChI=1S/C33H49N5O3S/c1-5-30(39)36-28(19-31-37-27-14-13-25(22(2)3)18-29(27)42-31)33(41)35-26(17-24-11-7-6-8-12-24)20-34-32(40)23(4)21-38-15-9-10-16-38/h13-14,18,22,24,26,28H,4-12,15-17,19-21H2,1-3H3,(H,34,40)(H,35,41)(H,36,39)/t26?,28-/m0/s1. The molecule has 2 aliphatic rings. The second-order valence-electron chi connectivity index (χ2n) is 12.4. The van der Waals surface area contributed by atoms with Crippen molar-refractivity contribution in [3.05, 3.63) is 40.9 Å². The fraction of sp³-hybridized carbons (Fsp3) is 0.636. The van der Waals surface area contributed by atoms with Crippen molar-refractivity contribution in [2.75, 3.05) is 26.2 Å². The van der Waals surface area contributed by atoms with Crippen molar-refractivity contribution in [2.24, 2.45) is 5.92 Å². The molecule has 0 bridgehead atoms. The van der Waals surface area contributed by atoms with Crippen LogP contribution >= 0.6 is 11.3 Å². The molecular formula is C33H49N5O3S. The molecule has 2 fully saturated rings. The lowest BCUT2D eigenvalue weighted by atomic mass is 9.84. The van der Waals surface area contributed by atoms with E-state index in [1.807, 2.05) is 6.07 Å². The average molecular weight is 596 g/mol. The molecule has 0 spiro atoms. The predicted octanol–water partition coefficient (Wildman–Crippen LogP) is 5.08. The van der Waals surface area contributed by atoms with E-state index in [-0.39, 0.29) is 23.8 Å². The molecular weight excluding hydrogens is 546 g/mol. The molecule has 9 heteroatoms. The number of nitrogens with one attached hydrogen (secondary N) is 3. The molecule has 0 radical (unpaired) electrons. The molecule has 1 aromatic carbocycles. The molecule has 42 heavy (non-hydrogen) atoms. The molecule has 2 aromatic rings. The number of nitrogens with zero attached hydrogens (tertiary/aromatic N) is 2. The minimum absolute atomic E-state index is 0.157. The first-order valence-corrected chi connectivity index (χ1v) is 16.7. The molecule has 1 aliphatic heterocycles. The van der Waals surface area contributed by atoms with Crippen LogP contribution in [0.4, 0.5) is 0 Å². The van der Waals surface area contributed by atoms with E-state index in [4.69, 9.17) is 4.98 Å². The zero-order valence-corrected chi connectivity index (χ0v) is 26.5. The fourth-order valence-corrected chi connectivity index (χ4v) is 7.12. The number of aromatic nitrogens is 1. The molecule has 230 valence electrons. The van der Waals surface area contributed by atoms with Gasteiger partial charge in [0.1, 0.15) is 6.04 Å². The number of carbonyl (C=O) groups excluding carboxylic acids is 3. The van der Waals surface area contributed by atoms with E-state index >= 15 is 0 Å². The van der Waals surface area contributed by atoms with Crippen molar-refractivity contribution in [3.8, 4) is 0 Å². The van der Waals surface area contributed by atoms with E-state index in [1.165, 1.54) is 24.8 Å². The second kappa shape index (κ2) is 15.6. The highest BCUT2D eigenvalue weighted by atomic mass is 32.1. The molecule has 4 rings (SSSR count). The van der Waals surface area contributed by atoms with Crippen LogP contribution in [-0.4, -0.2) is 65.9 Å². The van der Waals surface area contributed by atoms with Crippen molar-refractivity contribution in [3.63, 3.8) is 0 Å². The minimum Gasteiger partial charge on any atom is -0.350 e. The molecule has 1 saturated heterocycles. The number of rotatable bonds is 14. The lowest BCUT2D eigenvalue weighted by Gasteiger charge is -2.29. The van der Waals surface area contributed by atoms with Crippen LogP contribution in [0.15, 0.2) is 30.4 Å². The molecule has 3 amide bonds. The summed E-state index contributed by atoms with van der Waals surface area (Å²) in [5.74, 6) is 0.368. The van der Waals surface area contributed by atoms with Crippen molar-refractivity contribution in [1.29, 1.82) is 0 Å². The molecule has 1 aliphatic carbocycles. The van der Waals surface area contributed by atoms with E-state index in [0.717, 1.165) is 60.4 Å². The van der Waals surface area contributed by atoms with Gasteiger partial charge in [-0.05, 0) is 61.9 Å². The summed E-state index contributed by atoms with van der Waals surface area (Å²) in [5.41, 5.74) is 2.72. The molecule has 3 N–H and O–H groups in total. The van der Waals surface area contributed by atoms with Gasteiger partial charge in [0.25, 0.3) is 0 Å². The molecule has 2 heterocycles. The zero-order chi connectivity index (χ0) is 30.1. The largest absolute Gasteiger partial charge is 0.350 e. The summed E-state index contributed by atoms with van der Waals surface area (Å²) in [6.07, 6.45) is 9.69. The number of likely N-dealkylation sites (tertiary alicyclic amines) is 1. The molecule has 8 nitrogen and oxygen atoms in total. The SMILES string of the molecule is C=C(CN1CCCC1)C(=O)NCC(CC1CCCCC1)NC(=O)[C@H](Cc1nc2ccc(C(C)C)cc2s1)NC(=O)CC. The summed E-state index contributed by atoms with van der Waals surface area (Å²) in [5, 5.41) is 10.0. The predicted molar refractivity (Wildman–Crippen MR) is 171 cm³/mol. The first-order chi connectivity index (χ1) is 20.2. The number of thiazole rings is 1. The number of fused-ring (bicyclic) bond motifs is 1. The highest BCUT2D eigenvalue weighted by Gasteiger charge is 2.27. The Hall–Kier alpha value is -2.78. The maximum atomic E-state index is 13.7. The van der Waals surface area contributed by atoms with Gasteiger partial charge in [0.15, 0.2) is 0 Å². The Kier molecular flexibility index (Phi) is 12.0. The van der Waals surface area contributed by atoms with Gasteiger partial charge in [0.2, 0.25) is 17.7 Å². The fourth-order valence-electron chi connectivity index (χ4n) is 6.06. The lowest BCUT2D eigenvalue weighted by Crippen LogP contribution is -2.53. The normalized spacial score (nSPS) is 17.7. The van der Waals surface area contributed by atoms with Crippen LogP contribution in [0.3, 0.4) is 0 Å². The lowest BCUT2D eigenvalue weighted by molar-refractivity contribution is -0.129. The van der Waals surface area contributed by atoms with Gasteiger partial charge in [-0.25, -0.2) is 4.98 Å². The number of benzene rings is 1. The van der Waals surface area contributed by atoms with Crippen LogP contribution in [0.2, 0.25) is 0 Å². The first kappa shape index (κ1) is 32.1. The molecule has 2 atom stereocenters. The first-order valence-electron chi connectivity index (χ1n) is 15.9. The van der Waals surface area contributed by atoms with Crippen molar-refractivity contribution in [1.82, 2.24) is 25.8 Å². The second-order valence-corrected chi connectivity index (χ2v) is 13.5. The number of hydrogen-bond acceptors (Lipinski definition) is 6. The number of amides is 3. The summed E-state index contributed by atoms with van der Waals surface area (Å²) in [4.78, 5) is 46.1. The quantitative estimate of drug-likeness (QED) is 0.264. The average Bonchev–Trinajstić information content (AvgIpc) is 3.64. The smallest absolute Gasteiger partial charge is 0.247 e. The number of hydrogen-bond donors (Lipinski definition) is 3. The third-order valence-electron chi connectivity index (χ3n) is 8.61. The van der Waals surface area contributed by atoms with E-state index in [0.29, 0.717) is 43.3 Å². The molecule has 1 unspecified atom stereocenters. The summed E-state index contributed by atoms with van der Waals surface area (Å²) in [7, 11) is 0. The maximum Gasteiger partial charge on any atom is 0.247 e. The summed E-state index contributed by atoms with van der Waals surface area (Å²) >= 11 is 1.57. The summed E-state index contributed by atoms with van der Waals surface area (Å²) in [6, 6.07) is 5.33. The van der Waals surface area contributed by atoms with Crippen molar-refractivity contribution >= 4 is 39.3 Å². The molecule has 1 saturated carbocycles. The van der Waals surface area contributed by atoms with Crippen LogP contribution in [0.1, 0.15) is 95.0 Å². The van der Waals surface area contributed by atoms with Gasteiger partial charge in [-0.15, -0.1) is 11.3 Å². The van der Waals surface area contributed by atoms with Gasteiger partial charge in [-0.1, -0.05) is 65.5 Å². The Balaban J connectivity index is 1.44. The summed E-state index contributed by atoms with van der Waals surface area (Å²) < 4.78 is 1.09. The Morgan fingerprint density at radius 1 is 1.07 bits per heavy atom. The third-order valence-corrected chi connectivity index (χ3v) is 9.65. The van der Waals surface area contributed by atoms with Gasteiger partial charge in [0, 0.05) is 37.5 Å². The Morgan fingerprint density at radius 2 is 1.81 bits per heavy atom.